The van der Waals surface area contributed by atoms with E-state index in [9.17, 15) is 17.6 Å². The van der Waals surface area contributed by atoms with E-state index in [1.807, 2.05) is 4.72 Å². The van der Waals surface area contributed by atoms with Crippen LogP contribution in [0.4, 0.5) is 24.5 Å². The van der Waals surface area contributed by atoms with Crippen molar-refractivity contribution in [2.75, 3.05) is 17.1 Å². The van der Waals surface area contributed by atoms with Crippen LogP contribution in [-0.2, 0) is 10.0 Å². The number of amides is 1. The van der Waals surface area contributed by atoms with E-state index in [-0.39, 0.29) is 27.5 Å². The van der Waals surface area contributed by atoms with Crippen LogP contribution in [0.15, 0.2) is 47.6 Å². The summed E-state index contributed by atoms with van der Waals surface area (Å²) in [5.74, 6) is -4.70. The van der Waals surface area contributed by atoms with Gasteiger partial charge in [0.2, 0.25) is 5.88 Å². The molecule has 40 heavy (non-hydrogen) atoms. The van der Waals surface area contributed by atoms with Crippen molar-refractivity contribution in [1.82, 2.24) is 25.4 Å². The summed E-state index contributed by atoms with van der Waals surface area (Å²) in [6, 6.07) is 4.94. The van der Waals surface area contributed by atoms with Crippen LogP contribution in [0.3, 0.4) is 0 Å². The highest BCUT2D eigenvalue weighted by atomic mass is 35.5. The first-order valence-electron chi connectivity index (χ1n) is 11.2. The molecule has 3 aromatic heterocycles. The summed E-state index contributed by atoms with van der Waals surface area (Å²) in [6.45, 7) is 1.68. The third kappa shape index (κ3) is 4.69. The molecule has 4 N–H and O–H groups in total. The van der Waals surface area contributed by atoms with Crippen LogP contribution in [0.1, 0.15) is 16.2 Å². The number of pyridine rings is 1. The quantitative estimate of drug-likeness (QED) is 0.212. The Balaban J connectivity index is 1.54. The lowest BCUT2D eigenvalue weighted by Gasteiger charge is -2.14. The largest absolute Gasteiger partial charge is 0.480 e. The molecule has 2 aromatic carbocycles. The van der Waals surface area contributed by atoms with Crippen molar-refractivity contribution < 1.29 is 31.1 Å². The van der Waals surface area contributed by atoms with Gasteiger partial charge in [-0.2, -0.15) is 10.2 Å². The van der Waals surface area contributed by atoms with E-state index in [4.69, 9.17) is 16.3 Å². The smallest absolute Gasteiger partial charge is 0.274 e. The van der Waals surface area contributed by atoms with Crippen molar-refractivity contribution in [1.29, 1.82) is 0 Å². The fraction of sp³-hybridized carbons (Fsp3) is 0.0833. The van der Waals surface area contributed by atoms with Crippen LogP contribution in [0, 0.1) is 24.4 Å². The van der Waals surface area contributed by atoms with Crippen LogP contribution in [0.2, 0.25) is 5.02 Å². The Kier molecular flexibility index (Phi) is 6.85. The van der Waals surface area contributed by atoms with Gasteiger partial charge < -0.3 is 10.1 Å². The molecule has 0 saturated carbocycles. The van der Waals surface area contributed by atoms with Gasteiger partial charge >= 0.3 is 0 Å². The van der Waals surface area contributed by atoms with Gasteiger partial charge in [-0.3, -0.25) is 19.7 Å². The Morgan fingerprint density at radius 3 is 2.52 bits per heavy atom. The van der Waals surface area contributed by atoms with Crippen molar-refractivity contribution in [3.63, 3.8) is 0 Å². The molecular formula is C24H17ClF3N7O4S. The number of sulfonamides is 1. The zero-order valence-electron chi connectivity index (χ0n) is 20.4. The van der Waals surface area contributed by atoms with E-state index < -0.39 is 55.1 Å². The van der Waals surface area contributed by atoms with Crippen LogP contribution in [-0.4, -0.2) is 46.8 Å². The number of H-pyrrole nitrogens is 2. The van der Waals surface area contributed by atoms with Gasteiger partial charge in [-0.1, -0.05) is 17.7 Å². The molecule has 206 valence electrons. The van der Waals surface area contributed by atoms with Crippen molar-refractivity contribution in [3.8, 4) is 17.0 Å². The van der Waals surface area contributed by atoms with E-state index in [0.29, 0.717) is 11.4 Å². The van der Waals surface area contributed by atoms with Gasteiger partial charge in [-0.05, 0) is 31.2 Å². The van der Waals surface area contributed by atoms with Crippen molar-refractivity contribution >= 4 is 49.8 Å². The predicted molar refractivity (Wildman–Crippen MR) is 139 cm³/mol. The summed E-state index contributed by atoms with van der Waals surface area (Å²) in [6.07, 6.45) is 2.54. The van der Waals surface area contributed by atoms with E-state index in [0.717, 1.165) is 30.5 Å². The summed E-state index contributed by atoms with van der Waals surface area (Å²) in [5, 5.41) is 15.3. The lowest BCUT2D eigenvalue weighted by Crippen LogP contribution is -2.16. The van der Waals surface area contributed by atoms with Crippen LogP contribution < -0.4 is 14.8 Å². The highest BCUT2D eigenvalue weighted by Gasteiger charge is 2.27. The lowest BCUT2D eigenvalue weighted by atomic mass is 10.0. The van der Waals surface area contributed by atoms with E-state index in [1.165, 1.54) is 19.4 Å². The minimum Gasteiger partial charge on any atom is -0.480 e. The number of anilines is 2. The number of rotatable bonds is 7. The first kappa shape index (κ1) is 27.0. The molecule has 0 aliphatic heterocycles. The number of hydrogen-bond acceptors (Lipinski definition) is 7. The maximum Gasteiger partial charge on any atom is 0.274 e. The molecule has 0 bridgehead atoms. The molecular weight excluding hydrogens is 575 g/mol. The Morgan fingerprint density at radius 1 is 1.05 bits per heavy atom. The van der Waals surface area contributed by atoms with Gasteiger partial charge in [0.05, 0.1) is 41.0 Å². The van der Waals surface area contributed by atoms with Gasteiger partial charge in [0.1, 0.15) is 17.0 Å². The van der Waals surface area contributed by atoms with Crippen molar-refractivity contribution in [2.45, 2.75) is 11.8 Å². The summed E-state index contributed by atoms with van der Waals surface area (Å²) >= 11 is 5.86. The standard InChI is InChI=1S/C24H17ClF3N7O4S/c1-10-16(9-30-32-10)31-23(36)22-13-4-3-12(19(27)21(13)33-34-22)18-14(26)5-6-15(20(18)28)35-40(37,38)17-7-11(25)8-29-24(17)39-2/h3-9,35H,1-2H3,(H,30,32)(H,31,36)(H,33,34). The third-order valence-electron chi connectivity index (χ3n) is 5.84. The lowest BCUT2D eigenvalue weighted by molar-refractivity contribution is 0.102. The van der Waals surface area contributed by atoms with Gasteiger partial charge in [0.25, 0.3) is 15.9 Å². The SMILES string of the molecule is COc1ncc(Cl)cc1S(=O)(=O)Nc1ccc(F)c(-c2ccc3c(C(=O)Nc4cn[nH]c4C)[nH]nc3c2F)c1F. The average molecular weight is 592 g/mol. The Hall–Kier alpha value is -4.63. The first-order chi connectivity index (χ1) is 19.0. The first-order valence-corrected chi connectivity index (χ1v) is 13.1. The minimum atomic E-state index is -4.54. The number of hydrogen-bond donors (Lipinski definition) is 4. The summed E-state index contributed by atoms with van der Waals surface area (Å²) < 4.78 is 78.9. The number of aromatic amines is 2. The highest BCUT2D eigenvalue weighted by Crippen LogP contribution is 2.36. The van der Waals surface area contributed by atoms with Gasteiger partial charge in [-0.25, -0.2) is 26.6 Å². The molecule has 0 saturated heterocycles. The molecule has 0 fully saturated rings. The van der Waals surface area contributed by atoms with E-state index in [2.05, 4.69) is 30.7 Å². The number of carbonyl (C=O) groups excluding carboxylic acids is 1. The predicted octanol–water partition coefficient (Wildman–Crippen LogP) is 4.79. The number of ether oxygens (including phenoxy) is 1. The molecule has 11 nitrogen and oxygen atoms in total. The van der Waals surface area contributed by atoms with Crippen LogP contribution >= 0.6 is 11.6 Å². The maximum absolute atomic E-state index is 15.6. The number of nitrogens with zero attached hydrogens (tertiary/aromatic N) is 3. The fourth-order valence-electron chi connectivity index (χ4n) is 3.91. The van der Waals surface area contributed by atoms with Gasteiger partial charge in [0, 0.05) is 17.1 Å². The van der Waals surface area contributed by atoms with Crippen molar-refractivity contribution in [3.05, 3.63) is 76.6 Å². The topological polar surface area (TPSA) is 155 Å². The number of aromatic nitrogens is 5. The second-order valence-corrected chi connectivity index (χ2v) is 10.4. The number of carbonyl (C=O) groups is 1. The molecule has 0 atom stereocenters. The van der Waals surface area contributed by atoms with Gasteiger partial charge in [-0.15, -0.1) is 0 Å². The normalized spacial score (nSPS) is 11.6. The Bertz CT molecular complexity index is 1910. The summed E-state index contributed by atoms with van der Waals surface area (Å²) in [4.78, 5) is 16.0. The third-order valence-corrected chi connectivity index (χ3v) is 7.41. The van der Waals surface area contributed by atoms with E-state index >= 15 is 8.78 Å². The number of halogens is 4. The molecule has 0 aliphatic rings. The molecule has 5 aromatic rings. The molecule has 0 radical (unpaired) electrons. The molecule has 5 rings (SSSR count). The summed E-state index contributed by atoms with van der Waals surface area (Å²) in [5.41, 5.74) is -1.61. The molecule has 0 unspecified atom stereocenters. The van der Waals surface area contributed by atoms with Crippen LogP contribution in [0.25, 0.3) is 22.0 Å². The van der Waals surface area contributed by atoms with Crippen molar-refractivity contribution in [2.24, 2.45) is 0 Å². The second-order valence-electron chi connectivity index (χ2n) is 8.34. The Morgan fingerprint density at radius 2 is 1.82 bits per heavy atom. The molecule has 3 heterocycles. The molecule has 16 heteroatoms. The number of fused-ring (bicyclic) bond motifs is 1. The number of nitrogens with one attached hydrogen (secondary N) is 4. The molecule has 1 amide bonds. The zero-order valence-corrected chi connectivity index (χ0v) is 22.0. The maximum atomic E-state index is 15.6. The summed E-state index contributed by atoms with van der Waals surface area (Å²) in [7, 11) is -3.36. The minimum absolute atomic E-state index is 0.0382. The fourth-order valence-corrected chi connectivity index (χ4v) is 5.34. The van der Waals surface area contributed by atoms with Gasteiger partial charge in [0.15, 0.2) is 16.5 Å². The average Bonchev–Trinajstić information content (AvgIpc) is 3.53. The molecule has 0 aliphatic carbocycles. The number of aryl methyl sites for hydroxylation is 1. The molecule has 0 spiro atoms. The number of methoxy groups -OCH3 is 1. The second kappa shape index (κ2) is 10.2. The number of benzene rings is 2. The highest BCUT2D eigenvalue weighted by molar-refractivity contribution is 7.92. The monoisotopic (exact) mass is 591 g/mol. The zero-order chi connectivity index (χ0) is 28.8. The van der Waals surface area contributed by atoms with E-state index in [1.54, 1.807) is 6.92 Å². The van der Waals surface area contributed by atoms with Crippen LogP contribution in [0.5, 0.6) is 5.88 Å². The Labute approximate surface area is 228 Å².